The van der Waals surface area contributed by atoms with E-state index in [0.717, 1.165) is 35.7 Å². The van der Waals surface area contributed by atoms with Gasteiger partial charge in [0.1, 0.15) is 29.0 Å². The molecule has 2 amide bonds. The molecule has 45 heavy (non-hydrogen) atoms. The van der Waals surface area contributed by atoms with Gasteiger partial charge in [-0.2, -0.15) is 0 Å². The van der Waals surface area contributed by atoms with Gasteiger partial charge in [0.05, 0.1) is 18.8 Å². The van der Waals surface area contributed by atoms with Gasteiger partial charge in [-0.15, -0.1) is 0 Å². The highest BCUT2D eigenvalue weighted by molar-refractivity contribution is 6.14. The number of carbonyl (C=O) groups excluding carboxylic acids is 2. The predicted molar refractivity (Wildman–Crippen MR) is 172 cm³/mol. The molecule has 0 unspecified atom stereocenters. The fraction of sp³-hybridized carbons (Fsp3) is 0.371. The summed E-state index contributed by atoms with van der Waals surface area (Å²) in [4.78, 5) is 44.4. The number of aromatic nitrogens is 2. The number of carbonyl (C=O) groups is 2. The van der Waals surface area contributed by atoms with E-state index in [0.29, 0.717) is 35.4 Å². The van der Waals surface area contributed by atoms with E-state index in [1.54, 1.807) is 16.0 Å². The minimum absolute atomic E-state index is 0.103. The van der Waals surface area contributed by atoms with Crippen molar-refractivity contribution in [2.75, 3.05) is 43.0 Å². The molecule has 4 aromatic rings. The average molecular weight is 607 g/mol. The Bertz CT molecular complexity index is 1920. The summed E-state index contributed by atoms with van der Waals surface area (Å²) in [6, 6.07) is 11.1. The van der Waals surface area contributed by atoms with E-state index in [-0.39, 0.29) is 53.6 Å². The molecule has 2 aromatic heterocycles. The molecule has 0 spiro atoms. The quantitative estimate of drug-likeness (QED) is 0.313. The topological polar surface area (TPSA) is 82.1 Å². The molecule has 4 atom stereocenters. The van der Waals surface area contributed by atoms with Gasteiger partial charge in [-0.3, -0.25) is 19.5 Å². The Morgan fingerprint density at radius 1 is 1.13 bits per heavy atom. The first-order chi connectivity index (χ1) is 21.8. The van der Waals surface area contributed by atoms with Crippen molar-refractivity contribution >= 4 is 44.9 Å². The van der Waals surface area contributed by atoms with E-state index in [4.69, 9.17) is 14.7 Å². The molecule has 0 bridgehead atoms. The number of anilines is 2. The van der Waals surface area contributed by atoms with E-state index in [9.17, 15) is 9.59 Å². The molecule has 0 aliphatic carbocycles. The van der Waals surface area contributed by atoms with Gasteiger partial charge in [-0.1, -0.05) is 43.0 Å². The van der Waals surface area contributed by atoms with Crippen molar-refractivity contribution in [3.05, 3.63) is 66.6 Å². The summed E-state index contributed by atoms with van der Waals surface area (Å²) in [5.41, 5.74) is 3.35. The molecular weight excluding hydrogens is 571 g/mol. The Morgan fingerprint density at radius 3 is 2.69 bits per heavy atom. The molecule has 10 heteroatoms. The number of likely N-dealkylation sites (tertiary alicyclic amines) is 1. The Labute approximate surface area is 260 Å². The number of hydrogen-bond acceptors (Lipinski definition) is 7. The maximum Gasteiger partial charge on any atom is 0.251 e. The third kappa shape index (κ3) is 4.08. The van der Waals surface area contributed by atoms with E-state index in [1.165, 1.54) is 6.08 Å². The summed E-state index contributed by atoms with van der Waals surface area (Å²) >= 11 is 0. The van der Waals surface area contributed by atoms with Crippen molar-refractivity contribution in [3.63, 3.8) is 0 Å². The Morgan fingerprint density at radius 2 is 1.93 bits per heavy atom. The lowest BCUT2D eigenvalue weighted by Crippen LogP contribution is -2.67. The van der Waals surface area contributed by atoms with Gasteiger partial charge in [-0.05, 0) is 62.7 Å². The Kier molecular flexibility index (Phi) is 6.36. The van der Waals surface area contributed by atoms with Gasteiger partial charge in [0.25, 0.3) is 5.91 Å². The summed E-state index contributed by atoms with van der Waals surface area (Å²) in [7, 11) is 2.07. The average Bonchev–Trinajstić information content (AvgIpc) is 3.48. The van der Waals surface area contributed by atoms with Crippen LogP contribution in [-0.4, -0.2) is 89.0 Å². The molecule has 2 aromatic carbocycles. The van der Waals surface area contributed by atoms with Gasteiger partial charge in [-0.25, -0.2) is 9.37 Å². The number of rotatable bonds is 3. The van der Waals surface area contributed by atoms with E-state index < -0.39 is 11.9 Å². The molecule has 2 fully saturated rings. The summed E-state index contributed by atoms with van der Waals surface area (Å²) in [5, 5.41) is 2.47. The summed E-state index contributed by atoms with van der Waals surface area (Å²) in [5.74, 6) is -0.581. The fourth-order valence-electron chi connectivity index (χ4n) is 7.97. The molecule has 8 rings (SSSR count). The first-order valence-corrected chi connectivity index (χ1v) is 15.7. The van der Waals surface area contributed by atoms with Gasteiger partial charge in [0.2, 0.25) is 11.8 Å². The molecule has 6 heterocycles. The Balaban J connectivity index is 1.35. The van der Waals surface area contributed by atoms with Crippen LogP contribution >= 0.6 is 0 Å². The molecule has 4 aliphatic heterocycles. The fourth-order valence-corrected chi connectivity index (χ4v) is 7.97. The number of amides is 2. The minimum atomic E-state index is -0.639. The van der Waals surface area contributed by atoms with Gasteiger partial charge < -0.3 is 19.4 Å². The summed E-state index contributed by atoms with van der Waals surface area (Å²) in [6.07, 6.45) is 4.63. The third-order valence-corrected chi connectivity index (χ3v) is 10.2. The molecule has 2 saturated heterocycles. The number of pyridine rings is 2. The van der Waals surface area contributed by atoms with Crippen molar-refractivity contribution in [3.8, 4) is 17.1 Å². The van der Waals surface area contributed by atoms with Gasteiger partial charge in [0, 0.05) is 35.8 Å². The van der Waals surface area contributed by atoms with Crippen LogP contribution in [0.25, 0.3) is 32.9 Å². The summed E-state index contributed by atoms with van der Waals surface area (Å²) < 4.78 is 23.5. The number of hydrogen-bond donors (Lipinski definition) is 0. The number of nitrogens with zero attached hydrogens (tertiary/aromatic N) is 6. The van der Waals surface area contributed by atoms with Crippen LogP contribution in [-0.2, 0) is 9.59 Å². The van der Waals surface area contributed by atoms with Crippen LogP contribution in [0.2, 0.25) is 0 Å². The molecule has 9 nitrogen and oxygen atoms in total. The van der Waals surface area contributed by atoms with Crippen LogP contribution in [0, 0.1) is 12.7 Å². The molecule has 230 valence electrons. The first kappa shape index (κ1) is 27.9. The van der Waals surface area contributed by atoms with Crippen LogP contribution in [0.15, 0.2) is 55.3 Å². The SMILES string of the molecule is C=CC(=O)N1C[C@@H]2C(=O)N3C[C@H]([C@@H]4CCCN4C)Oc4nc5c(F)c(-c6cccc7cccc(C)c67)ncc5c(c43)N2C[C@H]1C. The van der Waals surface area contributed by atoms with Crippen LogP contribution < -0.4 is 14.5 Å². The summed E-state index contributed by atoms with van der Waals surface area (Å²) in [6.45, 7) is 9.54. The zero-order chi connectivity index (χ0) is 31.1. The van der Waals surface area contributed by atoms with Crippen LogP contribution in [0.4, 0.5) is 15.8 Å². The lowest BCUT2D eigenvalue weighted by molar-refractivity contribution is -0.131. The number of fused-ring (bicyclic) bond motifs is 5. The number of ether oxygens (including phenoxy) is 1. The number of halogens is 1. The lowest BCUT2D eigenvalue weighted by atomic mass is 9.95. The molecule has 0 saturated carbocycles. The van der Waals surface area contributed by atoms with Crippen LogP contribution in [0.3, 0.4) is 0 Å². The number of piperazine rings is 1. The highest BCUT2D eigenvalue weighted by Crippen LogP contribution is 2.51. The normalized spacial score (nSPS) is 24.5. The number of benzene rings is 2. The maximum absolute atomic E-state index is 16.9. The second kappa shape index (κ2) is 10.2. The largest absolute Gasteiger partial charge is 0.469 e. The zero-order valence-electron chi connectivity index (χ0n) is 25.7. The molecule has 0 radical (unpaired) electrons. The number of aryl methyl sites for hydroxylation is 1. The van der Waals surface area contributed by atoms with Crippen molar-refractivity contribution in [1.82, 2.24) is 19.8 Å². The monoisotopic (exact) mass is 606 g/mol. The highest BCUT2D eigenvalue weighted by Gasteiger charge is 2.50. The van der Waals surface area contributed by atoms with Gasteiger partial charge in [0.15, 0.2) is 5.82 Å². The van der Waals surface area contributed by atoms with E-state index in [2.05, 4.69) is 18.5 Å². The molecular formula is C35H35FN6O3. The molecule has 4 aliphatic rings. The Hall–Kier alpha value is -4.57. The maximum atomic E-state index is 16.9. The second-order valence-corrected chi connectivity index (χ2v) is 12.8. The first-order valence-electron chi connectivity index (χ1n) is 15.7. The lowest BCUT2D eigenvalue weighted by Gasteiger charge is -2.52. The number of likely N-dealkylation sites (N-methyl/N-ethyl adjacent to an activating group) is 1. The standard InChI is InChI=1S/C35H35FN6O3/c1-5-27(43)40-17-25-35(44)42-18-26(24-13-8-14-39(24)4)45-34-33(42)32(41(25)16-20(40)3)23-15-37-30(29(36)31(23)38-34)22-12-7-11-21-10-6-9-19(2)28(21)22/h5-7,9-12,15,20,24-26H,1,8,13-14,16-18H2,2-4H3/t20-,24+,25-,26-/m1/s1. The van der Waals surface area contributed by atoms with Crippen molar-refractivity contribution in [2.45, 2.75) is 50.9 Å². The van der Waals surface area contributed by atoms with Crippen LogP contribution in [0.5, 0.6) is 5.88 Å². The van der Waals surface area contributed by atoms with E-state index >= 15 is 4.39 Å². The second-order valence-electron chi connectivity index (χ2n) is 12.8. The van der Waals surface area contributed by atoms with E-state index in [1.807, 2.05) is 55.1 Å². The van der Waals surface area contributed by atoms with Crippen molar-refractivity contribution < 1.29 is 18.7 Å². The predicted octanol–water partition coefficient (Wildman–Crippen LogP) is 4.69. The van der Waals surface area contributed by atoms with Crippen LogP contribution in [0.1, 0.15) is 25.3 Å². The van der Waals surface area contributed by atoms with Gasteiger partial charge >= 0.3 is 0 Å². The minimum Gasteiger partial charge on any atom is -0.469 e. The van der Waals surface area contributed by atoms with Crippen molar-refractivity contribution in [1.29, 1.82) is 0 Å². The third-order valence-electron chi connectivity index (χ3n) is 10.2. The highest BCUT2D eigenvalue weighted by atomic mass is 19.1. The zero-order valence-corrected chi connectivity index (χ0v) is 25.7. The molecule has 0 N–H and O–H groups in total. The van der Waals surface area contributed by atoms with Crippen molar-refractivity contribution in [2.24, 2.45) is 0 Å². The smallest absolute Gasteiger partial charge is 0.251 e.